The number of benzene rings is 1. The van der Waals surface area contributed by atoms with Gasteiger partial charge in [0, 0.05) is 76.0 Å². The summed E-state index contributed by atoms with van der Waals surface area (Å²) in [6, 6.07) is 4.85. The lowest BCUT2D eigenvalue weighted by Gasteiger charge is -2.36. The van der Waals surface area contributed by atoms with Crippen LogP contribution in [-0.4, -0.2) is 82.0 Å². The van der Waals surface area contributed by atoms with Crippen LogP contribution in [0.2, 0.25) is 5.02 Å². The average molecular weight is 555 g/mol. The molecule has 0 saturated carbocycles. The fourth-order valence-corrected chi connectivity index (χ4v) is 3.92. The molecule has 30 heavy (non-hydrogen) atoms. The zero-order chi connectivity index (χ0) is 20.5. The Morgan fingerprint density at radius 3 is 2.80 bits per heavy atom. The van der Waals surface area contributed by atoms with E-state index in [4.69, 9.17) is 21.1 Å². The number of piperazine rings is 1. The van der Waals surface area contributed by atoms with Crippen molar-refractivity contribution in [3.63, 3.8) is 0 Å². The molecule has 1 atom stereocenters. The van der Waals surface area contributed by atoms with Crippen molar-refractivity contribution in [2.45, 2.75) is 19.4 Å². The first-order chi connectivity index (χ1) is 14.2. The molecule has 0 amide bonds. The van der Waals surface area contributed by atoms with Gasteiger partial charge in [0.15, 0.2) is 5.96 Å². The van der Waals surface area contributed by atoms with Gasteiger partial charge in [-0.3, -0.25) is 9.89 Å². The van der Waals surface area contributed by atoms with Gasteiger partial charge in [0.1, 0.15) is 5.82 Å². The number of aliphatic imine (C=N–C) groups is 1. The van der Waals surface area contributed by atoms with Gasteiger partial charge in [0.25, 0.3) is 0 Å². The van der Waals surface area contributed by atoms with E-state index >= 15 is 0 Å². The SMILES string of the molecule is CN=C(NCCCOCC1CCOC1)N1CCN(Cc2c(F)cccc2Cl)CC1.I. The predicted molar refractivity (Wildman–Crippen MR) is 129 cm³/mol. The van der Waals surface area contributed by atoms with E-state index in [0.29, 0.717) is 23.0 Å². The van der Waals surface area contributed by atoms with Crippen LogP contribution in [-0.2, 0) is 16.0 Å². The Bertz CT molecular complexity index is 648. The summed E-state index contributed by atoms with van der Waals surface area (Å²) in [5.41, 5.74) is 0.578. The molecule has 170 valence electrons. The summed E-state index contributed by atoms with van der Waals surface area (Å²) in [7, 11) is 1.81. The summed E-state index contributed by atoms with van der Waals surface area (Å²) in [6.07, 6.45) is 2.05. The van der Waals surface area contributed by atoms with Crippen molar-refractivity contribution in [3.8, 4) is 0 Å². The number of ether oxygens (including phenoxy) is 2. The average Bonchev–Trinajstić information content (AvgIpc) is 3.25. The van der Waals surface area contributed by atoms with Gasteiger partial charge in [-0.25, -0.2) is 4.39 Å². The predicted octanol–water partition coefficient (Wildman–Crippen LogP) is 3.23. The van der Waals surface area contributed by atoms with Crippen molar-refractivity contribution in [3.05, 3.63) is 34.6 Å². The third kappa shape index (κ3) is 7.78. The van der Waals surface area contributed by atoms with Gasteiger partial charge in [-0.2, -0.15) is 0 Å². The highest BCUT2D eigenvalue weighted by atomic mass is 127. The molecule has 1 aromatic carbocycles. The second-order valence-electron chi connectivity index (χ2n) is 7.60. The molecule has 3 rings (SSSR count). The monoisotopic (exact) mass is 554 g/mol. The van der Waals surface area contributed by atoms with Gasteiger partial charge >= 0.3 is 0 Å². The van der Waals surface area contributed by atoms with Crippen LogP contribution in [0.5, 0.6) is 0 Å². The Morgan fingerprint density at radius 1 is 1.33 bits per heavy atom. The molecule has 0 aromatic heterocycles. The lowest BCUT2D eigenvalue weighted by atomic mass is 10.1. The van der Waals surface area contributed by atoms with E-state index in [1.165, 1.54) is 6.07 Å². The zero-order valence-electron chi connectivity index (χ0n) is 17.6. The second-order valence-corrected chi connectivity index (χ2v) is 8.00. The molecule has 0 spiro atoms. The maximum absolute atomic E-state index is 14.0. The molecule has 2 aliphatic rings. The van der Waals surface area contributed by atoms with Crippen LogP contribution in [0.3, 0.4) is 0 Å². The van der Waals surface area contributed by atoms with Gasteiger partial charge in [0.2, 0.25) is 0 Å². The first-order valence-electron chi connectivity index (χ1n) is 10.4. The van der Waals surface area contributed by atoms with Crippen LogP contribution in [0.4, 0.5) is 4.39 Å². The molecule has 1 N–H and O–H groups in total. The fraction of sp³-hybridized carbons (Fsp3) is 0.667. The number of rotatable bonds is 8. The molecular weight excluding hydrogens is 522 g/mol. The molecule has 9 heteroatoms. The highest BCUT2D eigenvalue weighted by Gasteiger charge is 2.21. The van der Waals surface area contributed by atoms with Crippen molar-refractivity contribution in [2.75, 3.05) is 66.2 Å². The second kappa shape index (κ2) is 13.7. The van der Waals surface area contributed by atoms with Gasteiger partial charge in [-0.15, -0.1) is 24.0 Å². The summed E-state index contributed by atoms with van der Waals surface area (Å²) in [4.78, 5) is 8.88. The van der Waals surface area contributed by atoms with Crippen LogP contribution in [0.1, 0.15) is 18.4 Å². The van der Waals surface area contributed by atoms with Gasteiger partial charge < -0.3 is 19.7 Å². The first-order valence-corrected chi connectivity index (χ1v) is 10.8. The summed E-state index contributed by atoms with van der Waals surface area (Å²) in [6.45, 7) is 8.00. The van der Waals surface area contributed by atoms with E-state index in [2.05, 4.69) is 20.1 Å². The zero-order valence-corrected chi connectivity index (χ0v) is 20.7. The third-order valence-electron chi connectivity index (χ3n) is 5.45. The number of hydrogen-bond acceptors (Lipinski definition) is 4. The van der Waals surface area contributed by atoms with E-state index in [0.717, 1.165) is 78.0 Å². The summed E-state index contributed by atoms with van der Waals surface area (Å²) in [5, 5.41) is 3.92. The lowest BCUT2D eigenvalue weighted by molar-refractivity contribution is 0.0886. The number of hydrogen-bond donors (Lipinski definition) is 1. The molecule has 2 saturated heterocycles. The van der Waals surface area contributed by atoms with Crippen LogP contribution >= 0.6 is 35.6 Å². The van der Waals surface area contributed by atoms with Crippen LogP contribution in [0.15, 0.2) is 23.2 Å². The maximum Gasteiger partial charge on any atom is 0.193 e. The molecule has 0 bridgehead atoms. The summed E-state index contributed by atoms with van der Waals surface area (Å²) in [5.74, 6) is 1.24. The van der Waals surface area contributed by atoms with Crippen molar-refractivity contribution in [1.29, 1.82) is 0 Å². The Balaban J connectivity index is 0.00000320. The summed E-state index contributed by atoms with van der Waals surface area (Å²) < 4.78 is 25.1. The Labute approximate surface area is 201 Å². The number of guanidine groups is 1. The highest BCUT2D eigenvalue weighted by molar-refractivity contribution is 14.0. The fourth-order valence-electron chi connectivity index (χ4n) is 3.70. The molecule has 1 aromatic rings. The first kappa shape index (κ1) is 25.6. The van der Waals surface area contributed by atoms with E-state index in [9.17, 15) is 4.39 Å². The van der Waals surface area contributed by atoms with E-state index < -0.39 is 0 Å². The van der Waals surface area contributed by atoms with Crippen molar-refractivity contribution >= 4 is 41.5 Å². The summed E-state index contributed by atoms with van der Waals surface area (Å²) >= 11 is 6.16. The third-order valence-corrected chi connectivity index (χ3v) is 5.81. The van der Waals surface area contributed by atoms with E-state index in [-0.39, 0.29) is 29.8 Å². The molecular formula is C21H33ClFIN4O2. The topological polar surface area (TPSA) is 49.3 Å². The number of nitrogens with zero attached hydrogens (tertiary/aromatic N) is 3. The van der Waals surface area contributed by atoms with Crippen molar-refractivity contribution < 1.29 is 13.9 Å². The minimum absolute atomic E-state index is 0. The maximum atomic E-state index is 14.0. The van der Waals surface area contributed by atoms with Gasteiger partial charge in [-0.05, 0) is 25.0 Å². The Kier molecular flexibility index (Phi) is 11.7. The van der Waals surface area contributed by atoms with Gasteiger partial charge in [-0.1, -0.05) is 17.7 Å². The van der Waals surface area contributed by atoms with Crippen LogP contribution < -0.4 is 5.32 Å². The minimum Gasteiger partial charge on any atom is -0.381 e. The molecule has 2 heterocycles. The lowest BCUT2D eigenvalue weighted by Crippen LogP contribution is -2.52. The molecule has 1 unspecified atom stereocenters. The molecule has 6 nitrogen and oxygen atoms in total. The van der Waals surface area contributed by atoms with Crippen molar-refractivity contribution in [1.82, 2.24) is 15.1 Å². The normalized spacial score (nSPS) is 20.3. The van der Waals surface area contributed by atoms with Gasteiger partial charge in [0.05, 0.1) is 13.2 Å². The Morgan fingerprint density at radius 2 is 2.13 bits per heavy atom. The standard InChI is InChI=1S/C21H32ClFN4O2.HI/c1-24-21(25-7-3-12-28-15-17-6-13-29-16-17)27-10-8-26(9-11-27)14-18-19(22)4-2-5-20(18)23;/h2,4-5,17H,3,6-16H2,1H3,(H,24,25);1H. The largest absolute Gasteiger partial charge is 0.381 e. The highest BCUT2D eigenvalue weighted by Crippen LogP contribution is 2.21. The smallest absolute Gasteiger partial charge is 0.193 e. The quantitative estimate of drug-likeness (QED) is 0.232. The van der Waals surface area contributed by atoms with Crippen LogP contribution in [0.25, 0.3) is 0 Å². The molecule has 2 fully saturated rings. The molecule has 0 radical (unpaired) electrons. The molecule has 2 aliphatic heterocycles. The minimum atomic E-state index is -0.236. The Hall–Kier alpha value is -0.680. The number of nitrogens with one attached hydrogen (secondary N) is 1. The van der Waals surface area contributed by atoms with E-state index in [1.807, 2.05) is 7.05 Å². The number of halogens is 3. The molecule has 0 aliphatic carbocycles. The van der Waals surface area contributed by atoms with Crippen LogP contribution in [0, 0.1) is 11.7 Å². The van der Waals surface area contributed by atoms with Crippen molar-refractivity contribution in [2.24, 2.45) is 10.9 Å². The van der Waals surface area contributed by atoms with E-state index in [1.54, 1.807) is 12.1 Å².